The van der Waals surface area contributed by atoms with E-state index in [-0.39, 0.29) is 35.7 Å². The molecule has 0 saturated heterocycles. The highest BCUT2D eigenvalue weighted by atomic mass is 16.5. The van der Waals surface area contributed by atoms with Gasteiger partial charge in [0.1, 0.15) is 12.1 Å². The van der Waals surface area contributed by atoms with Crippen LogP contribution in [0.5, 0.6) is 0 Å². The zero-order valence-corrected chi connectivity index (χ0v) is 22.9. The van der Waals surface area contributed by atoms with E-state index in [1.807, 2.05) is 53.7 Å². The molecule has 5 nitrogen and oxygen atoms in total. The van der Waals surface area contributed by atoms with E-state index in [1.165, 1.54) is 0 Å². The molecule has 1 N–H and O–H groups in total. The fourth-order valence-electron chi connectivity index (χ4n) is 4.23. The van der Waals surface area contributed by atoms with Crippen molar-refractivity contribution in [3.8, 4) is 0 Å². The monoisotopic (exact) mass is 480 g/mol. The molecule has 2 rings (SSSR count). The SMILES string of the molecule is C/C=C(\C=C(\C)C(=O)C(C)C)C(=Nc1cc(CNC(C)C(=O)OC2CCCC2)ccc1C)C(C)C. The quantitative estimate of drug-likeness (QED) is 0.164. The number of aryl methyl sites for hydroxylation is 1. The van der Waals surface area contributed by atoms with Crippen molar-refractivity contribution < 1.29 is 14.3 Å². The number of ketones is 1. The van der Waals surface area contributed by atoms with E-state index in [0.29, 0.717) is 6.54 Å². The van der Waals surface area contributed by atoms with Crippen LogP contribution in [0.25, 0.3) is 0 Å². The summed E-state index contributed by atoms with van der Waals surface area (Å²) in [6.45, 7) is 16.4. The van der Waals surface area contributed by atoms with Gasteiger partial charge in [-0.25, -0.2) is 0 Å². The third-order valence-corrected chi connectivity index (χ3v) is 6.50. The Labute approximate surface area is 212 Å². The number of ether oxygens (including phenoxy) is 1. The first-order valence-electron chi connectivity index (χ1n) is 13.0. The molecule has 35 heavy (non-hydrogen) atoms. The average molecular weight is 481 g/mol. The summed E-state index contributed by atoms with van der Waals surface area (Å²) in [5.41, 5.74) is 5.70. The number of hydrogen-bond donors (Lipinski definition) is 1. The molecule has 1 aromatic rings. The Balaban J connectivity index is 2.20. The number of rotatable bonds is 11. The lowest BCUT2D eigenvalue weighted by atomic mass is 9.94. The van der Waals surface area contributed by atoms with Crippen molar-refractivity contribution in [2.45, 2.75) is 99.8 Å². The Bertz CT molecular complexity index is 979. The third kappa shape index (κ3) is 8.57. The molecular weight excluding hydrogens is 436 g/mol. The lowest BCUT2D eigenvalue weighted by Gasteiger charge is -2.17. The van der Waals surface area contributed by atoms with Crippen LogP contribution in [-0.2, 0) is 20.9 Å². The average Bonchev–Trinajstić information content (AvgIpc) is 3.33. The standard InChI is InChI=1S/C30H44N2O3/c1-9-25(16-22(7)29(33)20(4)5)28(19(2)3)32-27-17-24(15-14-21(27)6)18-31-23(8)30(34)35-26-12-10-11-13-26/h9,14-17,19-20,23,26,31H,10-13,18H2,1-8H3/b22-16-,25-9+,32-28?. The van der Waals surface area contributed by atoms with Crippen molar-refractivity contribution >= 4 is 23.2 Å². The van der Waals surface area contributed by atoms with Crippen molar-refractivity contribution in [1.82, 2.24) is 5.32 Å². The molecule has 1 aromatic carbocycles. The highest BCUT2D eigenvalue weighted by molar-refractivity contribution is 6.07. The maximum Gasteiger partial charge on any atom is 0.323 e. The first-order chi connectivity index (χ1) is 16.5. The van der Waals surface area contributed by atoms with Crippen molar-refractivity contribution in [1.29, 1.82) is 0 Å². The Kier molecular flexibility index (Phi) is 11.1. The van der Waals surface area contributed by atoms with E-state index in [4.69, 9.17) is 9.73 Å². The van der Waals surface area contributed by atoms with Gasteiger partial charge < -0.3 is 10.1 Å². The van der Waals surface area contributed by atoms with Gasteiger partial charge in [0, 0.05) is 12.5 Å². The largest absolute Gasteiger partial charge is 0.461 e. The van der Waals surface area contributed by atoms with E-state index in [9.17, 15) is 9.59 Å². The predicted molar refractivity (Wildman–Crippen MR) is 145 cm³/mol. The van der Waals surface area contributed by atoms with Gasteiger partial charge in [0.2, 0.25) is 0 Å². The lowest BCUT2D eigenvalue weighted by Crippen LogP contribution is -2.36. The van der Waals surface area contributed by atoms with Crippen LogP contribution in [0.1, 0.15) is 85.3 Å². The molecule has 1 aliphatic carbocycles. The van der Waals surface area contributed by atoms with Gasteiger partial charge in [0.25, 0.3) is 0 Å². The number of benzene rings is 1. The molecule has 0 heterocycles. The van der Waals surface area contributed by atoms with E-state index in [2.05, 4.69) is 37.4 Å². The molecule has 1 atom stereocenters. The highest BCUT2D eigenvalue weighted by Crippen LogP contribution is 2.25. The van der Waals surface area contributed by atoms with Crippen LogP contribution in [0, 0.1) is 18.8 Å². The summed E-state index contributed by atoms with van der Waals surface area (Å²) < 4.78 is 5.63. The fourth-order valence-corrected chi connectivity index (χ4v) is 4.23. The third-order valence-electron chi connectivity index (χ3n) is 6.50. The van der Waals surface area contributed by atoms with Gasteiger partial charge in [-0.2, -0.15) is 0 Å². The molecule has 1 fully saturated rings. The number of Topliss-reactive ketones (excluding diaryl/α,β-unsaturated/α-hetero) is 1. The second-order valence-electron chi connectivity index (χ2n) is 10.3. The number of hydrogen-bond acceptors (Lipinski definition) is 5. The smallest absolute Gasteiger partial charge is 0.323 e. The molecule has 0 aromatic heterocycles. The first kappa shape index (κ1) is 28.7. The van der Waals surface area contributed by atoms with Crippen LogP contribution in [0.15, 0.2) is 46.5 Å². The summed E-state index contributed by atoms with van der Waals surface area (Å²) in [5.74, 6) is 0.122. The molecule has 0 spiro atoms. The minimum Gasteiger partial charge on any atom is -0.461 e. The van der Waals surface area contributed by atoms with Crippen LogP contribution in [0.4, 0.5) is 5.69 Å². The van der Waals surface area contributed by atoms with Crippen LogP contribution in [0.3, 0.4) is 0 Å². The summed E-state index contributed by atoms with van der Waals surface area (Å²) in [7, 11) is 0. The molecule has 1 unspecified atom stereocenters. The minimum absolute atomic E-state index is 0.0342. The zero-order valence-electron chi connectivity index (χ0n) is 22.9. The van der Waals surface area contributed by atoms with E-state index < -0.39 is 0 Å². The Morgan fingerprint density at radius 2 is 1.77 bits per heavy atom. The van der Waals surface area contributed by atoms with E-state index in [0.717, 1.165) is 59.4 Å². The summed E-state index contributed by atoms with van der Waals surface area (Å²) in [6, 6.07) is 5.83. The van der Waals surface area contributed by atoms with Gasteiger partial charge in [-0.1, -0.05) is 45.9 Å². The fraction of sp³-hybridized carbons (Fsp3) is 0.567. The number of carbonyl (C=O) groups excluding carboxylic acids is 2. The summed E-state index contributed by atoms with van der Waals surface area (Å²) >= 11 is 0. The summed E-state index contributed by atoms with van der Waals surface area (Å²) in [4.78, 5) is 29.9. The normalized spacial score (nSPS) is 16.8. The van der Waals surface area contributed by atoms with Gasteiger partial charge in [0.05, 0.1) is 11.4 Å². The minimum atomic E-state index is -0.365. The molecule has 0 bridgehead atoms. The molecular formula is C30H44N2O3. The Hall–Kier alpha value is -2.53. The van der Waals surface area contributed by atoms with Gasteiger partial charge in [-0.3, -0.25) is 14.6 Å². The van der Waals surface area contributed by atoms with Crippen LogP contribution in [-0.4, -0.2) is 29.6 Å². The predicted octanol–water partition coefficient (Wildman–Crippen LogP) is 6.81. The maximum atomic E-state index is 12.4. The first-order valence-corrected chi connectivity index (χ1v) is 13.0. The Morgan fingerprint density at radius 3 is 2.34 bits per heavy atom. The number of aliphatic imine (C=N–C) groups is 1. The van der Waals surface area contributed by atoms with E-state index >= 15 is 0 Å². The van der Waals surface area contributed by atoms with Gasteiger partial charge in [0.15, 0.2) is 5.78 Å². The van der Waals surface area contributed by atoms with Crippen molar-refractivity contribution in [2.75, 3.05) is 0 Å². The van der Waals surface area contributed by atoms with Crippen LogP contribution >= 0.6 is 0 Å². The van der Waals surface area contributed by atoms with Gasteiger partial charge in [-0.15, -0.1) is 0 Å². The molecule has 0 aliphatic heterocycles. The summed E-state index contributed by atoms with van der Waals surface area (Å²) in [5, 5.41) is 3.30. The molecule has 1 aliphatic rings. The maximum absolute atomic E-state index is 12.4. The summed E-state index contributed by atoms with van der Waals surface area (Å²) in [6.07, 6.45) is 8.30. The topological polar surface area (TPSA) is 67.8 Å². The molecule has 0 amide bonds. The van der Waals surface area contributed by atoms with Gasteiger partial charge >= 0.3 is 5.97 Å². The highest BCUT2D eigenvalue weighted by Gasteiger charge is 2.22. The van der Waals surface area contributed by atoms with Crippen molar-refractivity contribution in [3.63, 3.8) is 0 Å². The zero-order chi connectivity index (χ0) is 26.1. The number of carbonyl (C=O) groups is 2. The second kappa shape index (κ2) is 13.5. The molecule has 192 valence electrons. The van der Waals surface area contributed by atoms with Crippen LogP contribution in [0.2, 0.25) is 0 Å². The lowest BCUT2D eigenvalue weighted by molar-refractivity contribution is -0.150. The number of allylic oxidation sites excluding steroid dienone is 4. The van der Waals surface area contributed by atoms with Crippen molar-refractivity contribution in [3.05, 3.63) is 52.6 Å². The van der Waals surface area contributed by atoms with Gasteiger partial charge in [-0.05, 0) is 93.7 Å². The van der Waals surface area contributed by atoms with E-state index in [1.54, 1.807) is 0 Å². The second-order valence-corrected chi connectivity index (χ2v) is 10.3. The van der Waals surface area contributed by atoms with Crippen LogP contribution < -0.4 is 5.32 Å². The molecule has 1 saturated carbocycles. The number of nitrogens with zero attached hydrogens (tertiary/aromatic N) is 1. The molecule has 5 heteroatoms. The van der Waals surface area contributed by atoms with Crippen molar-refractivity contribution in [2.24, 2.45) is 16.8 Å². The Morgan fingerprint density at radius 1 is 1.11 bits per heavy atom. The number of esters is 1. The molecule has 0 radical (unpaired) electrons. The number of nitrogens with one attached hydrogen (secondary N) is 1.